The minimum Gasteiger partial charge on any atom is -0.380 e. The molecule has 2 rings (SSSR count). The number of hydrogen-bond acceptors (Lipinski definition) is 3. The molecule has 0 spiro atoms. The van der Waals surface area contributed by atoms with E-state index in [0.29, 0.717) is 12.8 Å². The Bertz CT molecular complexity index is 411. The van der Waals surface area contributed by atoms with Crippen LogP contribution in [-0.4, -0.2) is 23.2 Å². The van der Waals surface area contributed by atoms with Crippen LogP contribution >= 0.6 is 0 Å². The molecule has 1 fully saturated rings. The Morgan fingerprint density at radius 1 is 1.53 bits per heavy atom. The van der Waals surface area contributed by atoms with Crippen LogP contribution in [0.15, 0.2) is 30.3 Å². The van der Waals surface area contributed by atoms with Crippen molar-refractivity contribution in [2.24, 2.45) is 5.73 Å². The van der Waals surface area contributed by atoms with Crippen molar-refractivity contribution in [3.05, 3.63) is 35.9 Å². The van der Waals surface area contributed by atoms with Gasteiger partial charge in [0, 0.05) is 6.54 Å². The molecule has 1 aromatic rings. The summed E-state index contributed by atoms with van der Waals surface area (Å²) in [5.41, 5.74) is 4.84. The van der Waals surface area contributed by atoms with Gasteiger partial charge in [-0.25, -0.2) is 0 Å². The zero-order valence-electron chi connectivity index (χ0n) is 9.94. The zero-order chi connectivity index (χ0) is 12.5. The molecule has 0 aliphatic carbocycles. The van der Waals surface area contributed by atoms with Gasteiger partial charge in [-0.2, -0.15) is 0 Å². The first-order valence-electron chi connectivity index (χ1n) is 5.79. The molecule has 1 aromatic carbocycles. The van der Waals surface area contributed by atoms with Crippen LogP contribution in [0.25, 0.3) is 0 Å². The Balaban J connectivity index is 2.03. The third kappa shape index (κ3) is 2.48. The van der Waals surface area contributed by atoms with Crippen LogP contribution < -0.4 is 11.1 Å². The normalized spacial score (nSPS) is 26.2. The van der Waals surface area contributed by atoms with Crippen molar-refractivity contribution in [2.75, 3.05) is 6.54 Å². The number of nitrogens with one attached hydrogen (secondary N) is 1. The molecule has 0 aromatic heterocycles. The van der Waals surface area contributed by atoms with Crippen molar-refractivity contribution in [1.29, 1.82) is 0 Å². The van der Waals surface area contributed by atoms with Gasteiger partial charge in [-0.15, -0.1) is 0 Å². The Hall–Kier alpha value is -1.39. The van der Waals surface area contributed by atoms with Gasteiger partial charge in [0.1, 0.15) is 5.60 Å². The molecule has 1 aliphatic rings. The second kappa shape index (κ2) is 4.13. The van der Waals surface area contributed by atoms with E-state index in [2.05, 4.69) is 17.4 Å². The first kappa shape index (κ1) is 12.1. The molecule has 92 valence electrons. The lowest BCUT2D eigenvalue weighted by Gasteiger charge is -2.22. The standard InChI is InChI=1S/C13H18N2O2/c1-12(17,11(14)16)7-8-13(9-15-13)10-5-3-2-4-6-10/h2-6,15,17H,7-9H2,1H3,(H2,14,16)/t12-,13-/m0/s1. The van der Waals surface area contributed by atoms with E-state index in [1.807, 2.05) is 18.2 Å². The molecule has 17 heavy (non-hydrogen) atoms. The second-order valence-corrected chi connectivity index (χ2v) is 4.94. The van der Waals surface area contributed by atoms with Gasteiger partial charge in [0.25, 0.3) is 0 Å². The lowest BCUT2D eigenvalue weighted by atomic mass is 9.88. The number of carbonyl (C=O) groups excluding carboxylic acids is 1. The number of nitrogens with two attached hydrogens (primary N) is 1. The van der Waals surface area contributed by atoms with E-state index in [0.717, 1.165) is 6.54 Å². The molecule has 1 heterocycles. The monoisotopic (exact) mass is 234 g/mol. The van der Waals surface area contributed by atoms with Crippen molar-refractivity contribution in [3.8, 4) is 0 Å². The van der Waals surface area contributed by atoms with E-state index in [1.165, 1.54) is 12.5 Å². The minimum atomic E-state index is -1.42. The molecule has 1 saturated heterocycles. The van der Waals surface area contributed by atoms with Gasteiger partial charge in [-0.3, -0.25) is 4.79 Å². The van der Waals surface area contributed by atoms with Crippen molar-refractivity contribution in [1.82, 2.24) is 5.32 Å². The van der Waals surface area contributed by atoms with Gasteiger partial charge in [-0.1, -0.05) is 30.3 Å². The summed E-state index contributed by atoms with van der Waals surface area (Å²) in [6, 6.07) is 10.1. The highest BCUT2D eigenvalue weighted by Crippen LogP contribution is 2.36. The molecule has 4 N–H and O–H groups in total. The Labute approximate surface area is 101 Å². The van der Waals surface area contributed by atoms with Gasteiger partial charge in [-0.05, 0) is 25.3 Å². The van der Waals surface area contributed by atoms with Crippen LogP contribution in [0.5, 0.6) is 0 Å². The molecular formula is C13H18N2O2. The van der Waals surface area contributed by atoms with Gasteiger partial charge in [0.05, 0.1) is 5.54 Å². The first-order chi connectivity index (χ1) is 7.96. The number of rotatable bonds is 5. The molecule has 2 atom stereocenters. The van der Waals surface area contributed by atoms with E-state index in [4.69, 9.17) is 5.73 Å². The van der Waals surface area contributed by atoms with E-state index < -0.39 is 11.5 Å². The fourth-order valence-corrected chi connectivity index (χ4v) is 1.97. The third-order valence-corrected chi connectivity index (χ3v) is 3.50. The summed E-state index contributed by atoms with van der Waals surface area (Å²) in [6.07, 6.45) is 1.07. The lowest BCUT2D eigenvalue weighted by Crippen LogP contribution is -2.41. The Morgan fingerprint density at radius 2 is 2.12 bits per heavy atom. The van der Waals surface area contributed by atoms with Crippen LogP contribution in [0.3, 0.4) is 0 Å². The van der Waals surface area contributed by atoms with Crippen molar-refractivity contribution < 1.29 is 9.90 Å². The lowest BCUT2D eigenvalue weighted by molar-refractivity contribution is -0.135. The molecule has 0 saturated carbocycles. The molecule has 4 nitrogen and oxygen atoms in total. The molecule has 1 aliphatic heterocycles. The summed E-state index contributed by atoms with van der Waals surface area (Å²) >= 11 is 0. The minimum absolute atomic E-state index is 0.0826. The highest BCUT2D eigenvalue weighted by molar-refractivity contribution is 5.82. The molecule has 0 unspecified atom stereocenters. The second-order valence-electron chi connectivity index (χ2n) is 4.94. The fraction of sp³-hybridized carbons (Fsp3) is 0.462. The van der Waals surface area contributed by atoms with Crippen molar-refractivity contribution >= 4 is 5.91 Å². The smallest absolute Gasteiger partial charge is 0.249 e. The molecule has 0 radical (unpaired) electrons. The number of benzene rings is 1. The summed E-state index contributed by atoms with van der Waals surface area (Å²) in [7, 11) is 0. The summed E-state index contributed by atoms with van der Waals surface area (Å²) in [6.45, 7) is 2.35. The third-order valence-electron chi connectivity index (χ3n) is 3.50. The van der Waals surface area contributed by atoms with E-state index >= 15 is 0 Å². The van der Waals surface area contributed by atoms with Gasteiger partial charge in [0.15, 0.2) is 0 Å². The number of hydrogen-bond donors (Lipinski definition) is 3. The van der Waals surface area contributed by atoms with Crippen LogP contribution in [0.1, 0.15) is 25.3 Å². The summed E-state index contributed by atoms with van der Waals surface area (Å²) < 4.78 is 0. The van der Waals surface area contributed by atoms with Crippen LogP contribution in [0.4, 0.5) is 0 Å². The highest BCUT2D eigenvalue weighted by atomic mass is 16.3. The maximum absolute atomic E-state index is 11.0. The highest BCUT2D eigenvalue weighted by Gasteiger charge is 2.45. The van der Waals surface area contributed by atoms with Gasteiger partial charge in [0.2, 0.25) is 5.91 Å². The Kier molecular flexibility index (Phi) is 2.93. The number of carbonyl (C=O) groups is 1. The van der Waals surface area contributed by atoms with Gasteiger partial charge < -0.3 is 16.2 Å². The Morgan fingerprint density at radius 3 is 2.59 bits per heavy atom. The van der Waals surface area contributed by atoms with Crippen LogP contribution in [0.2, 0.25) is 0 Å². The predicted octanol–water partition coefficient (Wildman–Crippen LogP) is 0.502. The SMILES string of the molecule is C[C@](O)(CC[C@@]1(c2ccccc2)CN1)C(N)=O. The molecular weight excluding hydrogens is 216 g/mol. The topological polar surface area (TPSA) is 85.3 Å². The van der Waals surface area contributed by atoms with Crippen molar-refractivity contribution in [3.63, 3.8) is 0 Å². The summed E-state index contributed by atoms with van der Waals surface area (Å²) in [4.78, 5) is 11.0. The first-order valence-corrected chi connectivity index (χ1v) is 5.79. The molecule has 1 amide bonds. The quantitative estimate of drug-likeness (QED) is 0.649. The number of amides is 1. The average Bonchev–Trinajstić information content (AvgIpc) is 3.09. The van der Waals surface area contributed by atoms with Crippen LogP contribution in [-0.2, 0) is 10.3 Å². The zero-order valence-corrected chi connectivity index (χ0v) is 9.94. The fourth-order valence-electron chi connectivity index (χ4n) is 1.97. The van der Waals surface area contributed by atoms with Crippen molar-refractivity contribution in [2.45, 2.75) is 30.9 Å². The van der Waals surface area contributed by atoms with Gasteiger partial charge >= 0.3 is 0 Å². The van der Waals surface area contributed by atoms with E-state index in [9.17, 15) is 9.90 Å². The number of aliphatic hydroxyl groups is 1. The summed E-state index contributed by atoms with van der Waals surface area (Å²) in [5.74, 6) is -0.665. The van der Waals surface area contributed by atoms with E-state index in [-0.39, 0.29) is 5.54 Å². The average molecular weight is 234 g/mol. The maximum atomic E-state index is 11.0. The van der Waals surface area contributed by atoms with Crippen LogP contribution in [0, 0.1) is 0 Å². The summed E-state index contributed by atoms with van der Waals surface area (Å²) in [5, 5.41) is 13.1. The largest absolute Gasteiger partial charge is 0.380 e. The molecule has 4 heteroatoms. The number of primary amides is 1. The molecule has 0 bridgehead atoms. The maximum Gasteiger partial charge on any atom is 0.249 e. The predicted molar refractivity (Wildman–Crippen MR) is 65.2 cm³/mol. The van der Waals surface area contributed by atoms with E-state index in [1.54, 1.807) is 0 Å².